The fraction of sp³-hybridized carbons (Fsp3) is 0.125. The summed E-state index contributed by atoms with van der Waals surface area (Å²) in [5.74, 6) is 1.15. The van der Waals surface area contributed by atoms with Gasteiger partial charge in [-0.15, -0.1) is 0 Å². The molecule has 0 aliphatic carbocycles. The van der Waals surface area contributed by atoms with E-state index in [0.29, 0.717) is 58.4 Å². The number of rotatable bonds is 11. The number of amides is 1. The van der Waals surface area contributed by atoms with Gasteiger partial charge in [0.2, 0.25) is 0 Å². The molecule has 4 aromatic rings. The van der Waals surface area contributed by atoms with E-state index in [4.69, 9.17) is 37.4 Å². The van der Waals surface area contributed by atoms with Crippen molar-refractivity contribution < 1.29 is 19.0 Å². The van der Waals surface area contributed by atoms with Crippen molar-refractivity contribution in [2.24, 2.45) is 0 Å². The second-order valence-corrected chi connectivity index (χ2v) is 9.43. The quantitative estimate of drug-likeness (QED) is 0.145. The summed E-state index contributed by atoms with van der Waals surface area (Å²) in [5, 5.41) is 13.7. The van der Waals surface area contributed by atoms with E-state index in [1.165, 1.54) is 6.08 Å². The fourth-order valence-corrected chi connectivity index (χ4v) is 3.98. The van der Waals surface area contributed by atoms with Crippen molar-refractivity contribution in [3.63, 3.8) is 0 Å². The van der Waals surface area contributed by atoms with Gasteiger partial charge in [-0.3, -0.25) is 4.79 Å². The zero-order valence-corrected chi connectivity index (χ0v) is 23.2. The smallest absolute Gasteiger partial charge is 0.266 e. The summed E-state index contributed by atoms with van der Waals surface area (Å²) in [4.78, 5) is 12.8. The number of hydrogen-bond donors (Lipinski definition) is 1. The zero-order valence-electron chi connectivity index (χ0n) is 21.7. The molecule has 1 amide bonds. The number of nitriles is 1. The van der Waals surface area contributed by atoms with Crippen LogP contribution in [0, 0.1) is 11.3 Å². The maximum atomic E-state index is 12.8. The molecule has 1 N–H and O–H groups in total. The van der Waals surface area contributed by atoms with Gasteiger partial charge in [0.15, 0.2) is 11.5 Å². The molecule has 202 valence electrons. The number of hydrogen-bond acceptors (Lipinski definition) is 5. The highest BCUT2D eigenvalue weighted by Gasteiger charge is 2.12. The van der Waals surface area contributed by atoms with E-state index in [1.54, 1.807) is 54.6 Å². The molecule has 0 unspecified atom stereocenters. The normalized spacial score (nSPS) is 10.9. The average molecular weight is 573 g/mol. The van der Waals surface area contributed by atoms with E-state index < -0.39 is 5.91 Å². The molecule has 4 rings (SSSR count). The standard InChI is InChI=1S/C32H26Cl2N2O4/c1-2-38-31-18-23(9-16-30(31)40-20-22-7-10-26(33)11-8-22)17-25(19-35)32(37)36-27-12-14-28(15-13-27)39-21-24-5-3-4-6-29(24)34/h3-18H,2,20-21H2,1H3,(H,36,37)/b25-17+. The van der Waals surface area contributed by atoms with Gasteiger partial charge in [-0.1, -0.05) is 59.6 Å². The second kappa shape index (κ2) is 14.1. The molecule has 4 aromatic carbocycles. The molecule has 6 nitrogen and oxygen atoms in total. The predicted octanol–water partition coefficient (Wildman–Crippen LogP) is 8.10. The van der Waals surface area contributed by atoms with Gasteiger partial charge >= 0.3 is 0 Å². The van der Waals surface area contributed by atoms with Gasteiger partial charge in [0.1, 0.15) is 30.6 Å². The van der Waals surface area contributed by atoms with Crippen molar-refractivity contribution in [3.05, 3.63) is 123 Å². The lowest BCUT2D eigenvalue weighted by Gasteiger charge is -2.13. The topological polar surface area (TPSA) is 80.6 Å². The van der Waals surface area contributed by atoms with Crippen molar-refractivity contribution in [3.8, 4) is 23.3 Å². The predicted molar refractivity (Wildman–Crippen MR) is 158 cm³/mol. The Balaban J connectivity index is 1.40. The Kier molecular flexibility index (Phi) is 10.1. The van der Waals surface area contributed by atoms with E-state index in [2.05, 4.69) is 5.32 Å². The number of halogens is 2. The van der Waals surface area contributed by atoms with Gasteiger partial charge in [0, 0.05) is 21.3 Å². The molecule has 0 atom stereocenters. The van der Waals surface area contributed by atoms with Crippen LogP contribution in [0.25, 0.3) is 6.08 Å². The fourth-order valence-electron chi connectivity index (χ4n) is 3.67. The molecule has 0 aromatic heterocycles. The number of benzene rings is 4. The molecule has 0 fully saturated rings. The van der Waals surface area contributed by atoms with Crippen LogP contribution in [0.5, 0.6) is 17.2 Å². The molecule has 0 aliphatic rings. The lowest BCUT2D eigenvalue weighted by molar-refractivity contribution is -0.112. The Morgan fingerprint density at radius 1 is 0.875 bits per heavy atom. The van der Waals surface area contributed by atoms with Gasteiger partial charge in [-0.05, 0) is 78.7 Å². The van der Waals surface area contributed by atoms with Crippen LogP contribution in [0.4, 0.5) is 5.69 Å². The summed E-state index contributed by atoms with van der Waals surface area (Å²) in [6.45, 7) is 2.95. The first kappa shape index (κ1) is 28.6. The highest BCUT2D eigenvalue weighted by atomic mass is 35.5. The second-order valence-electron chi connectivity index (χ2n) is 8.58. The van der Waals surface area contributed by atoms with Crippen LogP contribution < -0.4 is 19.5 Å². The number of nitrogens with one attached hydrogen (secondary N) is 1. The monoisotopic (exact) mass is 572 g/mol. The Hall–Kier alpha value is -4.44. The molecule has 0 spiro atoms. The maximum Gasteiger partial charge on any atom is 0.266 e. The van der Waals surface area contributed by atoms with E-state index >= 15 is 0 Å². The third-order valence-electron chi connectivity index (χ3n) is 5.72. The molecule has 0 heterocycles. The van der Waals surface area contributed by atoms with Crippen LogP contribution in [0.2, 0.25) is 10.0 Å². The molecule has 0 bridgehead atoms. The van der Waals surface area contributed by atoms with Crippen LogP contribution in [0.1, 0.15) is 23.6 Å². The Labute approximate surface area is 243 Å². The largest absolute Gasteiger partial charge is 0.490 e. The summed E-state index contributed by atoms with van der Waals surface area (Å²) in [6, 6.07) is 28.9. The van der Waals surface area contributed by atoms with Crippen molar-refractivity contribution in [1.29, 1.82) is 5.26 Å². The number of nitrogens with zero attached hydrogens (tertiary/aromatic N) is 1. The first-order valence-corrected chi connectivity index (χ1v) is 13.2. The highest BCUT2D eigenvalue weighted by molar-refractivity contribution is 6.31. The SMILES string of the molecule is CCOc1cc(/C=C(\C#N)C(=O)Nc2ccc(OCc3ccccc3Cl)cc2)ccc1OCc1ccc(Cl)cc1. The molecule has 0 aliphatic heterocycles. The molecule has 8 heteroatoms. The summed E-state index contributed by atoms with van der Waals surface area (Å²) < 4.78 is 17.5. The Morgan fingerprint density at radius 3 is 2.33 bits per heavy atom. The maximum absolute atomic E-state index is 12.8. The van der Waals surface area contributed by atoms with Gasteiger partial charge in [0.05, 0.1) is 6.61 Å². The van der Waals surface area contributed by atoms with Gasteiger partial charge < -0.3 is 19.5 Å². The zero-order chi connectivity index (χ0) is 28.3. The molecule has 40 heavy (non-hydrogen) atoms. The summed E-state index contributed by atoms with van der Waals surface area (Å²) in [7, 11) is 0. The van der Waals surface area contributed by atoms with E-state index in [-0.39, 0.29) is 5.57 Å². The summed E-state index contributed by atoms with van der Waals surface area (Å²) in [5.41, 5.74) is 2.92. The number of carbonyl (C=O) groups is 1. The molecule has 0 radical (unpaired) electrons. The van der Waals surface area contributed by atoms with Crippen LogP contribution >= 0.6 is 23.2 Å². The van der Waals surface area contributed by atoms with E-state index in [1.807, 2.05) is 49.4 Å². The minimum absolute atomic E-state index is 0.0590. The highest BCUT2D eigenvalue weighted by Crippen LogP contribution is 2.30. The Bertz CT molecular complexity index is 1530. The van der Waals surface area contributed by atoms with Gasteiger partial charge in [-0.2, -0.15) is 5.26 Å². The third kappa shape index (κ3) is 8.03. The molecular formula is C32H26Cl2N2O4. The third-order valence-corrected chi connectivity index (χ3v) is 6.34. The molecular weight excluding hydrogens is 547 g/mol. The first-order valence-electron chi connectivity index (χ1n) is 12.5. The summed E-state index contributed by atoms with van der Waals surface area (Å²) in [6.07, 6.45) is 1.50. The van der Waals surface area contributed by atoms with Crippen molar-refractivity contribution >= 4 is 40.9 Å². The number of ether oxygens (including phenoxy) is 3. The van der Waals surface area contributed by atoms with Crippen molar-refractivity contribution in [2.45, 2.75) is 20.1 Å². The van der Waals surface area contributed by atoms with Crippen LogP contribution in [0.3, 0.4) is 0 Å². The molecule has 0 saturated carbocycles. The number of carbonyl (C=O) groups excluding carboxylic acids is 1. The lowest BCUT2D eigenvalue weighted by Crippen LogP contribution is -2.13. The van der Waals surface area contributed by atoms with E-state index in [0.717, 1.165) is 11.1 Å². The van der Waals surface area contributed by atoms with Crippen LogP contribution in [-0.4, -0.2) is 12.5 Å². The minimum atomic E-state index is -0.534. The average Bonchev–Trinajstić information content (AvgIpc) is 2.97. The van der Waals surface area contributed by atoms with Crippen LogP contribution in [-0.2, 0) is 18.0 Å². The number of anilines is 1. The summed E-state index contributed by atoms with van der Waals surface area (Å²) >= 11 is 12.1. The first-order chi connectivity index (χ1) is 19.4. The van der Waals surface area contributed by atoms with Crippen LogP contribution in [0.15, 0.2) is 96.6 Å². The van der Waals surface area contributed by atoms with Crippen molar-refractivity contribution in [1.82, 2.24) is 0 Å². The van der Waals surface area contributed by atoms with Gasteiger partial charge in [0.25, 0.3) is 5.91 Å². The Morgan fingerprint density at radius 2 is 1.62 bits per heavy atom. The van der Waals surface area contributed by atoms with E-state index in [9.17, 15) is 10.1 Å². The molecule has 0 saturated heterocycles. The van der Waals surface area contributed by atoms with Gasteiger partial charge in [-0.25, -0.2) is 0 Å². The van der Waals surface area contributed by atoms with Crippen molar-refractivity contribution in [2.75, 3.05) is 11.9 Å². The minimum Gasteiger partial charge on any atom is -0.490 e. The lowest BCUT2D eigenvalue weighted by atomic mass is 10.1.